The standard InChI is InChI=1S/C11H13N3O3.C10H9N3O2.C10H11N3.C8H8N2O3.CH4.V/c1-8-4-5-9(6-10(8)14(16)17)11(15)12-7-13(2)3;1-7-2-3-8(6-10(7)13(14)15)9-4-5-11-12-9;1-7-2-3-8(6-9(7)11)10-4-5-12-13-10;1-5-2-3-6(8(9)11)4-7(5)10(12)13;;/h4-7H,1-3H3;2-3,5-6H,4H2,1H3;2-3,5-6H,4,11H2,1H3;2-4H,1H3,(H2,9,11);1H4;. The first-order valence-corrected chi connectivity index (χ1v) is 17.2. The van der Waals surface area contributed by atoms with Crippen LogP contribution in [0, 0.1) is 58.0 Å². The number of carbonyl (C=O) groups is 2. The molecular formula is C40H45N11O8V. The zero-order valence-electron chi connectivity index (χ0n) is 33.0. The minimum absolute atomic E-state index is 0. The van der Waals surface area contributed by atoms with Crippen LogP contribution in [0.2, 0.25) is 0 Å². The molecule has 0 atom stereocenters. The molecule has 2 amide bonds. The number of nitro groups is 3. The van der Waals surface area contributed by atoms with Crippen LogP contribution in [-0.2, 0) is 18.6 Å². The van der Waals surface area contributed by atoms with E-state index >= 15 is 0 Å². The number of anilines is 1. The van der Waals surface area contributed by atoms with E-state index in [1.807, 2.05) is 31.2 Å². The normalized spacial score (nSPS) is 11.8. The third-order valence-electron chi connectivity index (χ3n) is 8.19. The average molecular weight is 859 g/mol. The van der Waals surface area contributed by atoms with Crippen molar-refractivity contribution in [3.8, 4) is 0 Å². The summed E-state index contributed by atoms with van der Waals surface area (Å²) in [7, 11) is 3.46. The first-order chi connectivity index (χ1) is 27.4. The SMILES string of the molecule is C.Cc1ccc(C(=O)N=CN(C)C)cc1[N+](=O)[O-].Cc1ccc(C(N)=O)cc1[N+](=O)[O-].Cc1ccc(C2=NN=CC2)cc1N.Cc1ccc(C2=NN=CC2)cc1[N+](=O)[O-].[V]. The first-order valence-electron chi connectivity index (χ1n) is 17.2. The van der Waals surface area contributed by atoms with Gasteiger partial charge in [-0.3, -0.25) is 39.9 Å². The molecule has 6 rings (SSSR count). The van der Waals surface area contributed by atoms with Gasteiger partial charge in [-0.2, -0.15) is 25.4 Å². The van der Waals surface area contributed by atoms with Gasteiger partial charge < -0.3 is 16.4 Å². The Kier molecular flexibility index (Phi) is 20.2. The molecule has 0 fully saturated rings. The van der Waals surface area contributed by atoms with E-state index in [-0.39, 0.29) is 59.1 Å². The fourth-order valence-corrected chi connectivity index (χ4v) is 4.85. The van der Waals surface area contributed by atoms with Gasteiger partial charge in [0.2, 0.25) is 5.91 Å². The van der Waals surface area contributed by atoms with Crippen LogP contribution in [0.3, 0.4) is 0 Å². The van der Waals surface area contributed by atoms with Crippen LogP contribution in [0.1, 0.15) is 74.4 Å². The van der Waals surface area contributed by atoms with Crippen molar-refractivity contribution < 1.29 is 42.9 Å². The number of rotatable bonds is 8. The molecule has 313 valence electrons. The third kappa shape index (κ3) is 14.9. The molecule has 1 radical (unpaired) electrons. The van der Waals surface area contributed by atoms with Gasteiger partial charge in [0.25, 0.3) is 23.0 Å². The number of hydrogen-bond donors (Lipinski definition) is 2. The first kappa shape index (κ1) is 50.8. The van der Waals surface area contributed by atoms with Crippen molar-refractivity contribution in [2.45, 2.75) is 48.0 Å². The number of nitrogens with zero attached hydrogens (tertiary/aromatic N) is 9. The number of nitrogens with two attached hydrogens (primary N) is 2. The third-order valence-corrected chi connectivity index (χ3v) is 8.19. The summed E-state index contributed by atoms with van der Waals surface area (Å²) in [5.74, 6) is -1.16. The summed E-state index contributed by atoms with van der Waals surface area (Å²) in [4.78, 5) is 58.0. The van der Waals surface area contributed by atoms with E-state index in [0.717, 1.165) is 40.2 Å². The van der Waals surface area contributed by atoms with Gasteiger partial charge in [-0.15, -0.1) is 0 Å². The molecule has 19 nitrogen and oxygen atoms in total. The summed E-state index contributed by atoms with van der Waals surface area (Å²) in [5.41, 5.74) is 18.3. The Morgan fingerprint density at radius 1 is 0.667 bits per heavy atom. The van der Waals surface area contributed by atoms with Crippen LogP contribution in [0.4, 0.5) is 22.7 Å². The summed E-state index contributed by atoms with van der Waals surface area (Å²) >= 11 is 0. The largest absolute Gasteiger partial charge is 0.398 e. The Labute approximate surface area is 358 Å². The van der Waals surface area contributed by atoms with E-state index in [0.29, 0.717) is 23.1 Å². The van der Waals surface area contributed by atoms with Crippen molar-refractivity contribution in [1.82, 2.24) is 4.90 Å². The maximum Gasteiger partial charge on any atom is 0.278 e. The fraction of sp³-hybridized carbons (Fsp3) is 0.225. The van der Waals surface area contributed by atoms with E-state index < -0.39 is 21.7 Å². The van der Waals surface area contributed by atoms with Gasteiger partial charge in [0.1, 0.15) is 0 Å². The Morgan fingerprint density at radius 3 is 1.47 bits per heavy atom. The van der Waals surface area contributed by atoms with Gasteiger partial charge in [0.05, 0.1) is 32.5 Å². The fourth-order valence-electron chi connectivity index (χ4n) is 4.85. The van der Waals surface area contributed by atoms with E-state index in [1.54, 1.807) is 64.3 Å². The topological polar surface area (TPSA) is 281 Å². The van der Waals surface area contributed by atoms with Crippen molar-refractivity contribution in [2.75, 3.05) is 19.8 Å². The van der Waals surface area contributed by atoms with Crippen molar-refractivity contribution in [3.63, 3.8) is 0 Å². The minimum atomic E-state index is -0.664. The summed E-state index contributed by atoms with van der Waals surface area (Å²) in [6.07, 6.45) is 6.28. The second-order valence-electron chi connectivity index (χ2n) is 12.8. The van der Waals surface area contributed by atoms with Gasteiger partial charge in [0.15, 0.2) is 0 Å². The van der Waals surface area contributed by atoms with Crippen LogP contribution < -0.4 is 11.5 Å². The average Bonchev–Trinajstić information content (AvgIpc) is 3.92. The Bertz CT molecular complexity index is 2390. The molecule has 4 aromatic rings. The summed E-state index contributed by atoms with van der Waals surface area (Å²) < 4.78 is 0. The molecule has 0 bridgehead atoms. The van der Waals surface area contributed by atoms with Crippen molar-refractivity contribution in [1.29, 1.82) is 0 Å². The minimum Gasteiger partial charge on any atom is -0.398 e. The zero-order chi connectivity index (χ0) is 43.1. The molecule has 0 saturated heterocycles. The molecule has 2 aliphatic rings. The molecule has 0 saturated carbocycles. The molecule has 0 aliphatic carbocycles. The maximum absolute atomic E-state index is 11.6. The molecule has 0 aromatic heterocycles. The smallest absolute Gasteiger partial charge is 0.278 e. The van der Waals surface area contributed by atoms with Gasteiger partial charge in [0, 0.05) is 121 Å². The van der Waals surface area contributed by atoms with E-state index in [4.69, 9.17) is 11.5 Å². The van der Waals surface area contributed by atoms with Gasteiger partial charge >= 0.3 is 0 Å². The number of hydrogen-bond acceptors (Lipinski definition) is 13. The van der Waals surface area contributed by atoms with E-state index in [2.05, 4.69) is 25.4 Å². The number of carbonyl (C=O) groups excluding carboxylic acids is 2. The Hall–Kier alpha value is -7.25. The number of benzene rings is 4. The molecule has 2 aliphatic heterocycles. The number of aliphatic imine (C=N–C) groups is 1. The number of nitrogen functional groups attached to an aromatic ring is 1. The van der Waals surface area contributed by atoms with Crippen molar-refractivity contribution in [2.24, 2.45) is 31.1 Å². The van der Waals surface area contributed by atoms with E-state index in [1.165, 1.54) is 42.7 Å². The number of aryl methyl sites for hydroxylation is 4. The van der Waals surface area contributed by atoms with Crippen molar-refractivity contribution >= 4 is 64.8 Å². The monoisotopic (exact) mass is 858 g/mol. The van der Waals surface area contributed by atoms with Gasteiger partial charge in [-0.1, -0.05) is 43.8 Å². The summed E-state index contributed by atoms with van der Waals surface area (Å²) in [6, 6.07) is 19.5. The van der Waals surface area contributed by atoms with Crippen molar-refractivity contribution in [3.05, 3.63) is 148 Å². The Balaban J connectivity index is 0.000000398. The maximum atomic E-state index is 11.6. The molecule has 2 heterocycles. The second kappa shape index (κ2) is 23.9. The summed E-state index contributed by atoms with van der Waals surface area (Å²) in [5, 5.41) is 47.3. The molecule has 20 heteroatoms. The summed E-state index contributed by atoms with van der Waals surface area (Å²) in [6.45, 7) is 6.93. The Morgan fingerprint density at radius 2 is 1.07 bits per heavy atom. The molecule has 4 aromatic carbocycles. The molecule has 0 unspecified atom stereocenters. The van der Waals surface area contributed by atoms with Crippen LogP contribution in [0.15, 0.2) is 98.2 Å². The molecule has 4 N–H and O–H groups in total. The number of nitro benzene ring substituents is 3. The van der Waals surface area contributed by atoms with Gasteiger partial charge in [-0.25, -0.2) is 0 Å². The molecule has 0 spiro atoms. The van der Waals surface area contributed by atoms with E-state index in [9.17, 15) is 39.9 Å². The second-order valence-corrected chi connectivity index (χ2v) is 12.8. The molecule has 60 heavy (non-hydrogen) atoms. The van der Waals surface area contributed by atoms with Crippen LogP contribution in [0.5, 0.6) is 0 Å². The predicted molar refractivity (Wildman–Crippen MR) is 230 cm³/mol. The predicted octanol–water partition coefficient (Wildman–Crippen LogP) is 7.11. The van der Waals surface area contributed by atoms with Crippen LogP contribution in [0.25, 0.3) is 0 Å². The van der Waals surface area contributed by atoms with Gasteiger partial charge in [-0.05, 0) is 51.5 Å². The quantitative estimate of drug-likeness (QED) is 0.0595. The number of primary amides is 1. The van der Waals surface area contributed by atoms with Crippen LogP contribution >= 0.6 is 0 Å². The number of amides is 2. The zero-order valence-corrected chi connectivity index (χ0v) is 34.4. The van der Waals surface area contributed by atoms with Crippen LogP contribution in [-0.4, -0.2) is 75.8 Å². The molecular weight excluding hydrogens is 813 g/mol.